The van der Waals surface area contributed by atoms with E-state index >= 15 is 0 Å². The Balaban J connectivity index is 1.36. The Hall–Kier alpha value is -2.42. The monoisotopic (exact) mass is 442 g/mol. The van der Waals surface area contributed by atoms with E-state index in [0.29, 0.717) is 30.8 Å². The molecule has 0 atom stereocenters. The van der Waals surface area contributed by atoms with Crippen LogP contribution < -0.4 is 9.62 Å². The largest absolute Gasteiger partial charge is 0.348 e. The summed E-state index contributed by atoms with van der Waals surface area (Å²) in [6, 6.07) is 15.2. The van der Waals surface area contributed by atoms with Crippen LogP contribution in [-0.4, -0.2) is 69.6 Å². The lowest BCUT2D eigenvalue weighted by Crippen LogP contribution is -2.43. The highest BCUT2D eigenvalue weighted by molar-refractivity contribution is 7.93. The van der Waals surface area contributed by atoms with Gasteiger partial charge in [0.25, 0.3) is 5.91 Å². The molecule has 0 aliphatic carbocycles. The van der Waals surface area contributed by atoms with Crippen LogP contribution in [0.25, 0.3) is 0 Å². The van der Waals surface area contributed by atoms with Crippen molar-refractivity contribution in [1.82, 2.24) is 15.1 Å². The first kappa shape index (κ1) is 21.8. The fraction of sp³-hybridized carbons (Fsp3) is 0.435. The van der Waals surface area contributed by atoms with Gasteiger partial charge in [-0.3, -0.25) is 14.0 Å². The SMILES string of the molecule is CN1CCN(Cc2cccc(CNC(=O)c3cccc(N4CCCS4(=O)=O)c3)c2)CC1. The lowest BCUT2D eigenvalue weighted by atomic mass is 10.1. The number of nitrogens with zero attached hydrogens (tertiary/aromatic N) is 3. The maximum absolute atomic E-state index is 12.7. The average molecular weight is 443 g/mol. The van der Waals surface area contributed by atoms with Crippen LogP contribution in [0.15, 0.2) is 48.5 Å². The van der Waals surface area contributed by atoms with E-state index in [1.807, 2.05) is 12.1 Å². The molecule has 0 aromatic heterocycles. The minimum absolute atomic E-state index is 0.161. The molecule has 2 saturated heterocycles. The zero-order valence-electron chi connectivity index (χ0n) is 18.0. The van der Waals surface area contributed by atoms with E-state index in [9.17, 15) is 13.2 Å². The summed E-state index contributed by atoms with van der Waals surface area (Å²) < 4.78 is 25.7. The molecular formula is C23H30N4O3S. The van der Waals surface area contributed by atoms with Crippen LogP contribution in [0.1, 0.15) is 27.9 Å². The summed E-state index contributed by atoms with van der Waals surface area (Å²) in [6.45, 7) is 6.14. The summed E-state index contributed by atoms with van der Waals surface area (Å²) in [5.41, 5.74) is 3.32. The molecule has 7 nitrogen and oxygen atoms in total. The molecule has 1 amide bonds. The van der Waals surface area contributed by atoms with E-state index in [1.54, 1.807) is 24.3 Å². The van der Waals surface area contributed by atoms with Crippen molar-refractivity contribution >= 4 is 21.6 Å². The third-order valence-electron chi connectivity index (χ3n) is 5.94. The number of likely N-dealkylation sites (N-methyl/N-ethyl adjacent to an activating group) is 1. The predicted molar refractivity (Wildman–Crippen MR) is 123 cm³/mol. The van der Waals surface area contributed by atoms with Gasteiger partial charge in [0.05, 0.1) is 11.4 Å². The molecule has 166 valence electrons. The summed E-state index contributed by atoms with van der Waals surface area (Å²) in [7, 11) is -1.11. The first-order chi connectivity index (χ1) is 14.9. The van der Waals surface area contributed by atoms with Gasteiger partial charge in [-0.1, -0.05) is 30.3 Å². The smallest absolute Gasteiger partial charge is 0.251 e. The maximum atomic E-state index is 12.7. The number of hydrogen-bond donors (Lipinski definition) is 1. The van der Waals surface area contributed by atoms with Crippen LogP contribution in [0.4, 0.5) is 5.69 Å². The van der Waals surface area contributed by atoms with Crippen molar-refractivity contribution in [3.05, 3.63) is 65.2 Å². The van der Waals surface area contributed by atoms with Gasteiger partial charge in [-0.2, -0.15) is 0 Å². The van der Waals surface area contributed by atoms with E-state index in [-0.39, 0.29) is 11.7 Å². The fourth-order valence-electron chi connectivity index (χ4n) is 4.12. The second-order valence-electron chi connectivity index (χ2n) is 8.37. The quantitative estimate of drug-likeness (QED) is 0.740. The number of anilines is 1. The molecule has 1 N–H and O–H groups in total. The molecular weight excluding hydrogens is 412 g/mol. The van der Waals surface area contributed by atoms with Crippen LogP contribution in [0.3, 0.4) is 0 Å². The van der Waals surface area contributed by atoms with Gasteiger partial charge in [-0.05, 0) is 42.8 Å². The van der Waals surface area contributed by atoms with Crippen molar-refractivity contribution in [2.75, 3.05) is 49.8 Å². The lowest BCUT2D eigenvalue weighted by Gasteiger charge is -2.32. The zero-order valence-corrected chi connectivity index (χ0v) is 18.8. The van der Waals surface area contributed by atoms with Gasteiger partial charge < -0.3 is 10.2 Å². The number of carbonyl (C=O) groups excluding carboxylic acids is 1. The Morgan fingerprint density at radius 2 is 1.71 bits per heavy atom. The van der Waals surface area contributed by atoms with E-state index in [0.717, 1.165) is 38.3 Å². The predicted octanol–water partition coefficient (Wildman–Crippen LogP) is 1.90. The molecule has 2 aliphatic rings. The Morgan fingerprint density at radius 1 is 0.968 bits per heavy atom. The second kappa shape index (κ2) is 9.38. The highest BCUT2D eigenvalue weighted by Crippen LogP contribution is 2.24. The second-order valence-corrected chi connectivity index (χ2v) is 10.4. The molecule has 0 radical (unpaired) electrons. The van der Waals surface area contributed by atoms with E-state index < -0.39 is 10.0 Å². The number of amides is 1. The number of hydrogen-bond acceptors (Lipinski definition) is 5. The molecule has 4 rings (SSSR count). The molecule has 2 heterocycles. The number of piperazine rings is 1. The minimum Gasteiger partial charge on any atom is -0.348 e. The normalized spacial score (nSPS) is 19.5. The number of benzene rings is 2. The van der Waals surface area contributed by atoms with Crippen LogP contribution in [0.2, 0.25) is 0 Å². The Bertz CT molecular complexity index is 1030. The van der Waals surface area contributed by atoms with Gasteiger partial charge >= 0.3 is 0 Å². The molecule has 2 aliphatic heterocycles. The number of carbonyl (C=O) groups is 1. The highest BCUT2D eigenvalue weighted by atomic mass is 32.2. The van der Waals surface area contributed by atoms with Crippen LogP contribution >= 0.6 is 0 Å². The van der Waals surface area contributed by atoms with Crippen molar-refractivity contribution in [2.24, 2.45) is 0 Å². The minimum atomic E-state index is -3.26. The molecule has 0 bridgehead atoms. The zero-order chi connectivity index (χ0) is 21.8. The summed E-state index contributed by atoms with van der Waals surface area (Å²) >= 11 is 0. The first-order valence-corrected chi connectivity index (χ1v) is 12.4. The first-order valence-electron chi connectivity index (χ1n) is 10.8. The molecule has 2 aromatic rings. The number of rotatable bonds is 6. The van der Waals surface area contributed by atoms with Gasteiger partial charge in [0.1, 0.15) is 0 Å². The summed E-state index contributed by atoms with van der Waals surface area (Å²) in [6.07, 6.45) is 0.614. The van der Waals surface area contributed by atoms with Gasteiger partial charge in [0.15, 0.2) is 0 Å². The molecule has 0 unspecified atom stereocenters. The van der Waals surface area contributed by atoms with Gasteiger partial charge in [0, 0.05) is 51.4 Å². The molecule has 2 fully saturated rings. The van der Waals surface area contributed by atoms with Gasteiger partial charge in [0.2, 0.25) is 10.0 Å². The number of sulfonamides is 1. The summed E-state index contributed by atoms with van der Waals surface area (Å²) in [4.78, 5) is 17.5. The van der Waals surface area contributed by atoms with Crippen molar-refractivity contribution < 1.29 is 13.2 Å². The third-order valence-corrected chi connectivity index (χ3v) is 7.81. The molecule has 31 heavy (non-hydrogen) atoms. The van der Waals surface area contributed by atoms with Gasteiger partial charge in [-0.25, -0.2) is 8.42 Å². The Labute approximate surface area is 184 Å². The summed E-state index contributed by atoms with van der Waals surface area (Å²) in [5, 5.41) is 2.96. The van der Waals surface area contributed by atoms with Crippen LogP contribution in [0.5, 0.6) is 0 Å². The van der Waals surface area contributed by atoms with Crippen molar-refractivity contribution in [1.29, 1.82) is 0 Å². The molecule has 0 saturated carbocycles. The van der Waals surface area contributed by atoms with E-state index in [1.165, 1.54) is 9.87 Å². The average Bonchev–Trinajstić information content (AvgIpc) is 3.13. The Kier molecular flexibility index (Phi) is 6.60. The highest BCUT2D eigenvalue weighted by Gasteiger charge is 2.28. The van der Waals surface area contributed by atoms with Crippen LogP contribution in [-0.2, 0) is 23.1 Å². The van der Waals surface area contributed by atoms with E-state index in [4.69, 9.17) is 0 Å². The topological polar surface area (TPSA) is 73.0 Å². The molecule has 2 aromatic carbocycles. The van der Waals surface area contributed by atoms with Gasteiger partial charge in [-0.15, -0.1) is 0 Å². The standard InChI is InChI=1S/C23H30N4O3S/c1-25-10-12-26(13-11-25)18-20-6-2-5-19(15-20)17-24-23(28)21-7-3-8-22(16-21)27-9-4-14-31(27,29)30/h2-3,5-8,15-16H,4,9-14,17-18H2,1H3,(H,24,28). The fourth-order valence-corrected chi connectivity index (χ4v) is 5.67. The van der Waals surface area contributed by atoms with Crippen molar-refractivity contribution in [3.63, 3.8) is 0 Å². The molecule has 0 spiro atoms. The maximum Gasteiger partial charge on any atom is 0.251 e. The Morgan fingerprint density at radius 3 is 2.45 bits per heavy atom. The summed E-state index contributed by atoms with van der Waals surface area (Å²) in [5.74, 6) is -0.0450. The van der Waals surface area contributed by atoms with E-state index in [2.05, 4.69) is 34.3 Å². The number of nitrogens with one attached hydrogen (secondary N) is 1. The van der Waals surface area contributed by atoms with Crippen molar-refractivity contribution in [2.45, 2.75) is 19.5 Å². The third kappa shape index (κ3) is 5.44. The van der Waals surface area contributed by atoms with Crippen molar-refractivity contribution in [3.8, 4) is 0 Å². The lowest BCUT2D eigenvalue weighted by molar-refractivity contribution is 0.0951. The molecule has 8 heteroatoms. The van der Waals surface area contributed by atoms with Crippen LogP contribution in [0, 0.1) is 0 Å².